The monoisotopic (exact) mass is 402 g/mol. The number of likely N-dealkylation sites (tertiary alicyclic amines) is 2. The molecule has 0 bridgehead atoms. The molecule has 1 unspecified atom stereocenters. The third-order valence-electron chi connectivity index (χ3n) is 6.91. The van der Waals surface area contributed by atoms with Crippen LogP contribution in [-0.4, -0.2) is 67.0 Å². The largest absolute Gasteiger partial charge is 0.493 e. The van der Waals surface area contributed by atoms with Crippen molar-refractivity contribution < 1.29 is 24.1 Å². The molecule has 1 amide bonds. The summed E-state index contributed by atoms with van der Waals surface area (Å²) in [6.07, 6.45) is 4.28. The minimum absolute atomic E-state index is 0.225. The van der Waals surface area contributed by atoms with Crippen molar-refractivity contribution in [3.63, 3.8) is 0 Å². The number of rotatable bonds is 5. The molecule has 3 heterocycles. The molecule has 7 nitrogen and oxygen atoms in total. The summed E-state index contributed by atoms with van der Waals surface area (Å²) in [5.74, 6) is 3.03. The van der Waals surface area contributed by atoms with Gasteiger partial charge >= 0.3 is 0 Å². The second-order valence-corrected chi connectivity index (χ2v) is 9.10. The number of piperidine rings is 2. The molecule has 158 valence electrons. The molecule has 0 radical (unpaired) electrons. The van der Waals surface area contributed by atoms with Gasteiger partial charge in [-0.1, -0.05) is 0 Å². The van der Waals surface area contributed by atoms with E-state index in [1.165, 1.54) is 12.8 Å². The maximum atomic E-state index is 13.2. The number of aliphatic hydroxyl groups is 1. The first-order chi connectivity index (χ1) is 14.1. The number of carbonyl (C=O) groups excluding carboxylic acids is 1. The second-order valence-electron chi connectivity index (χ2n) is 9.10. The SMILES string of the molecule is COc1cc(CN2CCC3(CC2)CC(O)CN(CC2CC2)C3=O)cc2c1OCO2. The molecule has 1 N–H and O–H groups in total. The quantitative estimate of drug-likeness (QED) is 0.813. The van der Waals surface area contributed by atoms with Crippen molar-refractivity contribution in [2.75, 3.05) is 40.1 Å². The fourth-order valence-corrected chi connectivity index (χ4v) is 5.14. The molecule has 4 aliphatic rings. The molecule has 29 heavy (non-hydrogen) atoms. The number of amides is 1. The van der Waals surface area contributed by atoms with Crippen LogP contribution in [0.1, 0.15) is 37.7 Å². The van der Waals surface area contributed by atoms with Crippen molar-refractivity contribution in [1.29, 1.82) is 0 Å². The zero-order valence-electron chi connectivity index (χ0n) is 17.1. The van der Waals surface area contributed by atoms with Crippen LogP contribution in [0.2, 0.25) is 0 Å². The van der Waals surface area contributed by atoms with Gasteiger partial charge in [-0.2, -0.15) is 0 Å². The van der Waals surface area contributed by atoms with Crippen LogP contribution in [0.25, 0.3) is 0 Å². The molecule has 1 atom stereocenters. The number of carbonyl (C=O) groups is 1. The van der Waals surface area contributed by atoms with Crippen LogP contribution in [0.4, 0.5) is 0 Å². The Bertz CT molecular complexity index is 784. The third-order valence-corrected chi connectivity index (χ3v) is 6.91. The smallest absolute Gasteiger partial charge is 0.231 e. The number of hydrogen-bond donors (Lipinski definition) is 1. The number of β-amino-alcohol motifs (C(OH)–C–C–N with tert-alkyl or cyclic N) is 1. The van der Waals surface area contributed by atoms with Gasteiger partial charge in [-0.05, 0) is 68.8 Å². The van der Waals surface area contributed by atoms with Crippen molar-refractivity contribution in [2.45, 2.75) is 44.8 Å². The average Bonchev–Trinajstić information content (AvgIpc) is 3.40. The lowest BCUT2D eigenvalue weighted by Gasteiger charge is -2.48. The van der Waals surface area contributed by atoms with Crippen LogP contribution in [-0.2, 0) is 11.3 Å². The van der Waals surface area contributed by atoms with Gasteiger partial charge < -0.3 is 24.2 Å². The van der Waals surface area contributed by atoms with E-state index in [2.05, 4.69) is 4.90 Å². The zero-order valence-corrected chi connectivity index (χ0v) is 17.1. The number of benzene rings is 1. The van der Waals surface area contributed by atoms with Crippen LogP contribution < -0.4 is 14.2 Å². The van der Waals surface area contributed by atoms with Gasteiger partial charge in [0.1, 0.15) is 0 Å². The number of ether oxygens (including phenoxy) is 3. The third kappa shape index (κ3) is 3.66. The van der Waals surface area contributed by atoms with E-state index in [1.807, 2.05) is 17.0 Å². The van der Waals surface area contributed by atoms with E-state index in [-0.39, 0.29) is 18.1 Å². The van der Waals surface area contributed by atoms with Gasteiger partial charge in [0.05, 0.1) is 18.6 Å². The fraction of sp³-hybridized carbons (Fsp3) is 0.682. The molecule has 1 aromatic rings. The summed E-state index contributed by atoms with van der Waals surface area (Å²) in [7, 11) is 1.64. The van der Waals surface area contributed by atoms with Gasteiger partial charge in [-0.15, -0.1) is 0 Å². The first kappa shape index (κ1) is 19.0. The van der Waals surface area contributed by atoms with Crippen molar-refractivity contribution in [3.8, 4) is 17.2 Å². The zero-order chi connectivity index (χ0) is 20.0. The molecule has 1 aliphatic carbocycles. The van der Waals surface area contributed by atoms with Gasteiger partial charge in [0.15, 0.2) is 11.5 Å². The summed E-state index contributed by atoms with van der Waals surface area (Å²) in [6, 6.07) is 4.02. The van der Waals surface area contributed by atoms with Gasteiger partial charge in [-0.3, -0.25) is 9.69 Å². The lowest BCUT2D eigenvalue weighted by Crippen LogP contribution is -2.57. The topological polar surface area (TPSA) is 71.5 Å². The minimum Gasteiger partial charge on any atom is -0.493 e. The minimum atomic E-state index is -0.392. The predicted octanol–water partition coefficient (Wildman–Crippen LogP) is 2.01. The lowest BCUT2D eigenvalue weighted by molar-refractivity contribution is -0.157. The Balaban J connectivity index is 1.25. The summed E-state index contributed by atoms with van der Waals surface area (Å²) >= 11 is 0. The molecule has 5 rings (SSSR count). The highest BCUT2D eigenvalue weighted by atomic mass is 16.7. The first-order valence-electron chi connectivity index (χ1n) is 10.7. The van der Waals surface area contributed by atoms with Crippen molar-refractivity contribution in [3.05, 3.63) is 17.7 Å². The molecule has 1 saturated carbocycles. The predicted molar refractivity (Wildman–Crippen MR) is 106 cm³/mol. The van der Waals surface area contributed by atoms with Gasteiger partial charge in [0.25, 0.3) is 0 Å². The first-order valence-corrected chi connectivity index (χ1v) is 10.7. The van der Waals surface area contributed by atoms with E-state index >= 15 is 0 Å². The number of fused-ring (bicyclic) bond motifs is 1. The fourth-order valence-electron chi connectivity index (χ4n) is 5.14. The summed E-state index contributed by atoms with van der Waals surface area (Å²) in [6.45, 7) is 4.06. The standard InChI is InChI=1S/C22H30N2O5/c1-27-18-8-16(9-19-20(18)29-14-28-19)11-23-6-4-22(5-7-23)10-17(25)13-24(21(22)26)12-15-2-3-15/h8-9,15,17,25H,2-7,10-14H2,1H3. The van der Waals surface area contributed by atoms with Crippen LogP contribution in [0.5, 0.6) is 17.2 Å². The summed E-state index contributed by atoms with van der Waals surface area (Å²) < 4.78 is 16.5. The average molecular weight is 402 g/mol. The molecule has 0 aromatic heterocycles. The lowest BCUT2D eigenvalue weighted by atomic mass is 9.70. The Hall–Kier alpha value is -1.99. The van der Waals surface area contributed by atoms with Crippen LogP contribution in [0, 0.1) is 11.3 Å². The number of hydrogen-bond acceptors (Lipinski definition) is 6. The Morgan fingerprint density at radius 1 is 1.24 bits per heavy atom. The van der Waals surface area contributed by atoms with E-state index in [4.69, 9.17) is 14.2 Å². The maximum Gasteiger partial charge on any atom is 0.231 e. The van der Waals surface area contributed by atoms with Crippen LogP contribution >= 0.6 is 0 Å². The van der Waals surface area contributed by atoms with E-state index in [1.54, 1.807) is 7.11 Å². The maximum absolute atomic E-state index is 13.2. The molecule has 3 fully saturated rings. The number of nitrogens with zero attached hydrogens (tertiary/aromatic N) is 2. The number of methoxy groups -OCH3 is 1. The molecule has 1 aromatic carbocycles. The summed E-state index contributed by atoms with van der Waals surface area (Å²) in [4.78, 5) is 17.6. The van der Waals surface area contributed by atoms with Crippen LogP contribution in [0.15, 0.2) is 12.1 Å². The highest BCUT2D eigenvalue weighted by molar-refractivity contribution is 5.84. The Morgan fingerprint density at radius 2 is 2.03 bits per heavy atom. The van der Waals surface area contributed by atoms with Gasteiger partial charge in [0, 0.05) is 19.6 Å². The molecular formula is C22H30N2O5. The molecular weight excluding hydrogens is 372 g/mol. The second kappa shape index (κ2) is 7.36. The van der Waals surface area contributed by atoms with E-state index in [0.29, 0.717) is 30.4 Å². The summed E-state index contributed by atoms with van der Waals surface area (Å²) in [5.41, 5.74) is 0.739. The van der Waals surface area contributed by atoms with Crippen molar-refractivity contribution in [1.82, 2.24) is 9.80 Å². The molecule has 7 heteroatoms. The Labute approximate surface area is 171 Å². The number of aliphatic hydroxyl groups excluding tert-OH is 1. The normalized spacial score (nSPS) is 26.2. The molecule has 3 aliphatic heterocycles. The van der Waals surface area contributed by atoms with Crippen molar-refractivity contribution >= 4 is 5.91 Å². The highest BCUT2D eigenvalue weighted by Crippen LogP contribution is 2.44. The Kier molecular flexibility index (Phi) is 4.82. The highest BCUT2D eigenvalue weighted by Gasteiger charge is 2.49. The van der Waals surface area contributed by atoms with Gasteiger partial charge in [0.2, 0.25) is 18.4 Å². The van der Waals surface area contributed by atoms with E-state index in [9.17, 15) is 9.90 Å². The Morgan fingerprint density at radius 3 is 2.76 bits per heavy atom. The summed E-state index contributed by atoms with van der Waals surface area (Å²) in [5, 5.41) is 10.4. The van der Waals surface area contributed by atoms with Gasteiger partial charge in [-0.25, -0.2) is 0 Å². The van der Waals surface area contributed by atoms with E-state index < -0.39 is 6.10 Å². The molecule has 1 spiro atoms. The van der Waals surface area contributed by atoms with E-state index in [0.717, 1.165) is 50.3 Å². The van der Waals surface area contributed by atoms with Crippen molar-refractivity contribution in [2.24, 2.45) is 11.3 Å². The van der Waals surface area contributed by atoms with Crippen LogP contribution in [0.3, 0.4) is 0 Å². The molecule has 2 saturated heterocycles.